The molecule has 8 aromatic carbocycles. The molecule has 0 aliphatic heterocycles. The number of anilines is 3. The van der Waals surface area contributed by atoms with Gasteiger partial charge in [0.2, 0.25) is 0 Å². The fraction of sp³-hybridized carbons (Fsp3) is 0. The third-order valence-electron chi connectivity index (χ3n) is 8.66. The Morgan fingerprint density at radius 3 is 1.16 bits per heavy atom. The standard InChI is InChI=1S/C44H31N/c1-4-14-32(15-5-1)34-24-26-36(27-25-34)43-41-22-12-10-20-39(41)40-21-11-13-23-42(40)44(43)45(37-18-8-3-9-19-37)38-30-28-35(29-31-38)33-16-6-2-7-17-33/h1-31H. The molecule has 0 spiro atoms. The van der Waals surface area contributed by atoms with Crippen LogP contribution in [0.5, 0.6) is 0 Å². The average molecular weight is 574 g/mol. The second kappa shape index (κ2) is 11.6. The van der Waals surface area contributed by atoms with Crippen LogP contribution in [0.15, 0.2) is 188 Å². The van der Waals surface area contributed by atoms with E-state index in [0.29, 0.717) is 0 Å². The number of rotatable bonds is 6. The lowest BCUT2D eigenvalue weighted by Gasteiger charge is -2.30. The lowest BCUT2D eigenvalue weighted by molar-refractivity contribution is 1.30. The van der Waals surface area contributed by atoms with Gasteiger partial charge in [-0.25, -0.2) is 0 Å². The zero-order valence-corrected chi connectivity index (χ0v) is 24.8. The van der Waals surface area contributed by atoms with Gasteiger partial charge in [-0.15, -0.1) is 0 Å². The molecule has 0 atom stereocenters. The van der Waals surface area contributed by atoms with E-state index in [1.807, 2.05) is 0 Å². The SMILES string of the molecule is c1ccc(-c2ccc(-c3c(N(c4ccccc4)c4ccc(-c5ccccc5)cc4)c4ccccc4c4ccccc34)cc2)cc1. The molecule has 0 aromatic heterocycles. The van der Waals surface area contributed by atoms with E-state index < -0.39 is 0 Å². The summed E-state index contributed by atoms with van der Waals surface area (Å²) in [6.45, 7) is 0. The molecule has 0 fully saturated rings. The van der Waals surface area contributed by atoms with Crippen LogP contribution in [0.25, 0.3) is 54.9 Å². The van der Waals surface area contributed by atoms with E-state index in [0.717, 1.165) is 11.4 Å². The maximum Gasteiger partial charge on any atom is 0.0624 e. The number of para-hydroxylation sites is 1. The first-order chi connectivity index (χ1) is 22.3. The molecule has 0 aliphatic rings. The minimum atomic E-state index is 1.11. The summed E-state index contributed by atoms with van der Waals surface area (Å²) in [6.07, 6.45) is 0. The van der Waals surface area contributed by atoms with Crippen LogP contribution in [0, 0.1) is 0 Å². The Balaban J connectivity index is 1.41. The number of benzene rings is 8. The van der Waals surface area contributed by atoms with Crippen LogP contribution in [-0.4, -0.2) is 0 Å². The van der Waals surface area contributed by atoms with Crippen molar-refractivity contribution in [3.8, 4) is 33.4 Å². The molecule has 0 saturated heterocycles. The van der Waals surface area contributed by atoms with Gasteiger partial charge in [0.05, 0.1) is 5.69 Å². The third kappa shape index (κ3) is 4.95. The van der Waals surface area contributed by atoms with Crippen LogP contribution < -0.4 is 4.90 Å². The Morgan fingerprint density at radius 1 is 0.244 bits per heavy atom. The summed E-state index contributed by atoms with van der Waals surface area (Å²) >= 11 is 0. The summed E-state index contributed by atoms with van der Waals surface area (Å²) in [5.41, 5.74) is 10.7. The topological polar surface area (TPSA) is 3.24 Å². The maximum atomic E-state index is 2.43. The number of fused-ring (bicyclic) bond motifs is 3. The van der Waals surface area contributed by atoms with Gasteiger partial charge < -0.3 is 4.90 Å². The Hall–Kier alpha value is -5.92. The van der Waals surface area contributed by atoms with Crippen LogP contribution in [0.4, 0.5) is 17.1 Å². The van der Waals surface area contributed by atoms with E-state index >= 15 is 0 Å². The molecular weight excluding hydrogens is 542 g/mol. The number of hydrogen-bond acceptors (Lipinski definition) is 1. The normalized spacial score (nSPS) is 11.1. The van der Waals surface area contributed by atoms with Gasteiger partial charge >= 0.3 is 0 Å². The molecule has 1 nitrogen and oxygen atoms in total. The number of nitrogens with zero attached hydrogens (tertiary/aromatic N) is 1. The van der Waals surface area contributed by atoms with Crippen LogP contribution in [0.2, 0.25) is 0 Å². The highest BCUT2D eigenvalue weighted by Crippen LogP contribution is 2.49. The molecule has 0 aliphatic carbocycles. The predicted molar refractivity (Wildman–Crippen MR) is 192 cm³/mol. The summed E-state index contributed by atoms with van der Waals surface area (Å²) in [4.78, 5) is 2.43. The van der Waals surface area contributed by atoms with Crippen molar-refractivity contribution in [1.82, 2.24) is 0 Å². The van der Waals surface area contributed by atoms with E-state index in [-0.39, 0.29) is 0 Å². The lowest BCUT2D eigenvalue weighted by atomic mass is 9.89. The molecule has 0 amide bonds. The van der Waals surface area contributed by atoms with Crippen molar-refractivity contribution in [3.05, 3.63) is 188 Å². The van der Waals surface area contributed by atoms with Gasteiger partial charge in [0.1, 0.15) is 0 Å². The first-order valence-electron chi connectivity index (χ1n) is 15.5. The lowest BCUT2D eigenvalue weighted by Crippen LogP contribution is -2.12. The second-order valence-electron chi connectivity index (χ2n) is 11.3. The highest BCUT2D eigenvalue weighted by atomic mass is 15.1. The average Bonchev–Trinajstić information content (AvgIpc) is 3.13. The minimum Gasteiger partial charge on any atom is -0.309 e. The van der Waals surface area contributed by atoms with Gasteiger partial charge in [0, 0.05) is 22.3 Å². The van der Waals surface area contributed by atoms with Gasteiger partial charge in [0.25, 0.3) is 0 Å². The molecule has 0 heterocycles. The van der Waals surface area contributed by atoms with Crippen molar-refractivity contribution in [1.29, 1.82) is 0 Å². The fourth-order valence-electron chi connectivity index (χ4n) is 6.53. The quantitative estimate of drug-likeness (QED) is 0.179. The molecule has 1 heteroatoms. The van der Waals surface area contributed by atoms with E-state index in [1.54, 1.807) is 0 Å². The molecule has 8 aromatic rings. The first-order valence-corrected chi connectivity index (χ1v) is 15.5. The highest BCUT2D eigenvalue weighted by Gasteiger charge is 2.23. The summed E-state index contributed by atoms with van der Waals surface area (Å²) in [5, 5.41) is 4.95. The molecule has 0 unspecified atom stereocenters. The van der Waals surface area contributed by atoms with Gasteiger partial charge in [-0.3, -0.25) is 0 Å². The maximum absolute atomic E-state index is 2.43. The van der Waals surface area contributed by atoms with E-state index in [4.69, 9.17) is 0 Å². The molecule has 0 bridgehead atoms. The summed E-state index contributed by atoms with van der Waals surface area (Å²) in [6, 6.07) is 67.6. The Morgan fingerprint density at radius 2 is 0.600 bits per heavy atom. The van der Waals surface area contributed by atoms with Crippen molar-refractivity contribution in [2.75, 3.05) is 4.90 Å². The van der Waals surface area contributed by atoms with Gasteiger partial charge in [-0.05, 0) is 68.2 Å². The molecule has 0 radical (unpaired) electrons. The van der Waals surface area contributed by atoms with Crippen molar-refractivity contribution in [2.45, 2.75) is 0 Å². The third-order valence-corrected chi connectivity index (χ3v) is 8.66. The summed E-state index contributed by atoms with van der Waals surface area (Å²) in [7, 11) is 0. The first kappa shape index (κ1) is 26.7. The van der Waals surface area contributed by atoms with Crippen molar-refractivity contribution < 1.29 is 0 Å². The van der Waals surface area contributed by atoms with Crippen molar-refractivity contribution in [2.24, 2.45) is 0 Å². The van der Waals surface area contributed by atoms with Crippen LogP contribution in [0.1, 0.15) is 0 Å². The zero-order valence-electron chi connectivity index (χ0n) is 24.8. The fourth-order valence-corrected chi connectivity index (χ4v) is 6.53. The largest absolute Gasteiger partial charge is 0.309 e. The van der Waals surface area contributed by atoms with Crippen LogP contribution in [-0.2, 0) is 0 Å². The Labute approximate surface area is 264 Å². The summed E-state index contributed by atoms with van der Waals surface area (Å²) < 4.78 is 0. The van der Waals surface area contributed by atoms with Gasteiger partial charge in [-0.2, -0.15) is 0 Å². The summed E-state index contributed by atoms with van der Waals surface area (Å²) in [5.74, 6) is 0. The van der Waals surface area contributed by atoms with Crippen molar-refractivity contribution in [3.63, 3.8) is 0 Å². The Kier molecular flexibility index (Phi) is 6.90. The smallest absolute Gasteiger partial charge is 0.0624 e. The molecule has 0 N–H and O–H groups in total. The van der Waals surface area contributed by atoms with Gasteiger partial charge in [-0.1, -0.05) is 164 Å². The number of hydrogen-bond donors (Lipinski definition) is 0. The van der Waals surface area contributed by atoms with Crippen LogP contribution >= 0.6 is 0 Å². The monoisotopic (exact) mass is 573 g/mol. The second-order valence-corrected chi connectivity index (χ2v) is 11.3. The molecule has 45 heavy (non-hydrogen) atoms. The highest BCUT2D eigenvalue weighted by molar-refractivity contribution is 6.22. The van der Waals surface area contributed by atoms with Gasteiger partial charge in [0.15, 0.2) is 0 Å². The predicted octanol–water partition coefficient (Wildman–Crippen LogP) is 12.5. The zero-order chi connectivity index (χ0) is 30.0. The molecule has 212 valence electrons. The molecular formula is C44H31N. The van der Waals surface area contributed by atoms with E-state index in [9.17, 15) is 0 Å². The van der Waals surface area contributed by atoms with E-state index in [1.165, 1.54) is 60.6 Å². The minimum absolute atomic E-state index is 1.11. The van der Waals surface area contributed by atoms with Crippen LogP contribution in [0.3, 0.4) is 0 Å². The molecule has 0 saturated carbocycles. The van der Waals surface area contributed by atoms with E-state index in [2.05, 4.69) is 193 Å². The van der Waals surface area contributed by atoms with Crippen molar-refractivity contribution >= 4 is 38.6 Å². The Bertz CT molecular complexity index is 2220. The molecule has 8 rings (SSSR count).